The smallest absolute Gasteiger partial charge is 0.410 e. The second-order valence-electron chi connectivity index (χ2n) is 7.07. The molecular formula is C17H28N2O2S. The van der Waals surface area contributed by atoms with Crippen LogP contribution in [-0.4, -0.2) is 47.7 Å². The van der Waals surface area contributed by atoms with Gasteiger partial charge in [-0.05, 0) is 58.5 Å². The quantitative estimate of drug-likeness (QED) is 0.837. The minimum atomic E-state index is -0.441. The minimum Gasteiger partial charge on any atom is -0.444 e. The van der Waals surface area contributed by atoms with Crippen LogP contribution < -0.4 is 0 Å². The maximum absolute atomic E-state index is 12.3. The van der Waals surface area contributed by atoms with Crippen LogP contribution >= 0.6 is 11.3 Å². The Hall–Kier alpha value is -1.07. The van der Waals surface area contributed by atoms with Gasteiger partial charge < -0.3 is 9.64 Å². The molecule has 1 aliphatic rings. The summed E-state index contributed by atoms with van der Waals surface area (Å²) in [5, 5.41) is 2.13. The van der Waals surface area contributed by atoms with Crippen molar-refractivity contribution >= 4 is 17.4 Å². The topological polar surface area (TPSA) is 32.8 Å². The Kier molecular flexibility index (Phi) is 5.50. The van der Waals surface area contributed by atoms with E-state index in [1.807, 2.05) is 27.8 Å². The molecule has 1 aromatic heterocycles. The first-order valence-corrected chi connectivity index (χ1v) is 8.89. The molecule has 2 rings (SSSR count). The van der Waals surface area contributed by atoms with Gasteiger partial charge >= 0.3 is 6.09 Å². The molecule has 0 aromatic carbocycles. The van der Waals surface area contributed by atoms with Gasteiger partial charge in [0.05, 0.1) is 0 Å². The highest BCUT2D eigenvalue weighted by Crippen LogP contribution is 2.28. The fourth-order valence-electron chi connectivity index (χ4n) is 2.84. The van der Waals surface area contributed by atoms with Gasteiger partial charge in [0.25, 0.3) is 0 Å². The monoisotopic (exact) mass is 324 g/mol. The Morgan fingerprint density at radius 3 is 2.82 bits per heavy atom. The van der Waals surface area contributed by atoms with Crippen LogP contribution in [0.5, 0.6) is 0 Å². The molecule has 22 heavy (non-hydrogen) atoms. The van der Waals surface area contributed by atoms with Crippen LogP contribution in [-0.2, 0) is 4.74 Å². The predicted molar refractivity (Wildman–Crippen MR) is 91.3 cm³/mol. The van der Waals surface area contributed by atoms with E-state index in [0.717, 1.165) is 25.9 Å². The number of nitrogens with zero attached hydrogens (tertiary/aromatic N) is 2. The second kappa shape index (κ2) is 7.01. The van der Waals surface area contributed by atoms with Crippen molar-refractivity contribution in [3.8, 4) is 0 Å². The van der Waals surface area contributed by atoms with Crippen molar-refractivity contribution in [3.63, 3.8) is 0 Å². The van der Waals surface area contributed by atoms with Crippen LogP contribution in [0, 0.1) is 0 Å². The van der Waals surface area contributed by atoms with Crippen LogP contribution in [0.3, 0.4) is 0 Å². The third kappa shape index (κ3) is 4.46. The number of rotatable bonds is 3. The van der Waals surface area contributed by atoms with E-state index in [-0.39, 0.29) is 12.1 Å². The lowest BCUT2D eigenvalue weighted by molar-refractivity contribution is 0.0106. The summed E-state index contributed by atoms with van der Waals surface area (Å²) in [6, 6.07) is 4.93. The van der Waals surface area contributed by atoms with Crippen LogP contribution in [0.15, 0.2) is 17.5 Å². The number of hydrogen-bond donors (Lipinski definition) is 0. The number of carbonyl (C=O) groups is 1. The van der Waals surface area contributed by atoms with Crippen LogP contribution in [0.2, 0.25) is 0 Å². The van der Waals surface area contributed by atoms with Gasteiger partial charge in [-0.15, -0.1) is 11.3 Å². The molecule has 2 atom stereocenters. The highest BCUT2D eigenvalue weighted by Gasteiger charge is 2.31. The number of hydrogen-bond acceptors (Lipinski definition) is 4. The van der Waals surface area contributed by atoms with E-state index >= 15 is 0 Å². The number of thiophene rings is 1. The standard InChI is InChI=1S/C17H28N2O2S/c1-13(15-9-7-11-22-15)19-10-6-8-14(12-19)18(5)16(20)21-17(2,3)4/h7,9,11,13-14H,6,8,10,12H2,1-5H3/t13-,14+/m1/s1. The Morgan fingerprint density at radius 1 is 1.50 bits per heavy atom. The van der Waals surface area contributed by atoms with Gasteiger partial charge in [0.2, 0.25) is 0 Å². The lowest BCUT2D eigenvalue weighted by Gasteiger charge is -2.40. The number of ether oxygens (including phenoxy) is 1. The van der Waals surface area contributed by atoms with Gasteiger partial charge in [-0.25, -0.2) is 4.79 Å². The number of likely N-dealkylation sites (N-methyl/N-ethyl adjacent to an activating group) is 1. The molecule has 0 N–H and O–H groups in total. The lowest BCUT2D eigenvalue weighted by Crippen LogP contribution is -2.50. The Labute approximate surface area is 138 Å². The first-order chi connectivity index (χ1) is 10.3. The maximum atomic E-state index is 12.3. The van der Waals surface area contributed by atoms with E-state index in [1.54, 1.807) is 16.2 Å². The summed E-state index contributed by atoms with van der Waals surface area (Å²) in [5.41, 5.74) is -0.441. The van der Waals surface area contributed by atoms with Gasteiger partial charge in [0.15, 0.2) is 0 Å². The van der Waals surface area contributed by atoms with E-state index < -0.39 is 5.60 Å². The average Bonchev–Trinajstić information content (AvgIpc) is 2.98. The number of carbonyl (C=O) groups excluding carboxylic acids is 1. The van der Waals surface area contributed by atoms with E-state index in [2.05, 4.69) is 29.3 Å². The molecule has 0 aliphatic carbocycles. The molecule has 0 spiro atoms. The molecule has 1 aromatic rings. The summed E-state index contributed by atoms with van der Waals surface area (Å²) in [6.07, 6.45) is 1.94. The zero-order valence-electron chi connectivity index (χ0n) is 14.3. The third-order valence-corrected chi connectivity index (χ3v) is 5.20. The highest BCUT2D eigenvalue weighted by atomic mass is 32.1. The second-order valence-corrected chi connectivity index (χ2v) is 8.05. The normalized spacial score (nSPS) is 21.4. The molecule has 0 radical (unpaired) electrons. The number of likely N-dealkylation sites (tertiary alicyclic amines) is 1. The Morgan fingerprint density at radius 2 is 2.23 bits per heavy atom. The zero-order chi connectivity index (χ0) is 16.3. The molecule has 0 unspecified atom stereocenters. The van der Waals surface area contributed by atoms with Crippen molar-refractivity contribution in [2.75, 3.05) is 20.1 Å². The van der Waals surface area contributed by atoms with Gasteiger partial charge in [-0.1, -0.05) is 6.07 Å². The van der Waals surface area contributed by atoms with Crippen molar-refractivity contribution in [2.24, 2.45) is 0 Å². The molecule has 1 amide bonds. The number of amides is 1. The molecule has 1 saturated heterocycles. The number of piperidine rings is 1. The fourth-order valence-corrected chi connectivity index (χ4v) is 3.66. The Balaban J connectivity index is 1.96. The third-order valence-electron chi connectivity index (χ3n) is 4.16. The summed E-state index contributed by atoms with van der Waals surface area (Å²) in [7, 11) is 1.86. The first kappa shape index (κ1) is 17.3. The van der Waals surface area contributed by atoms with Crippen molar-refractivity contribution in [1.29, 1.82) is 0 Å². The van der Waals surface area contributed by atoms with Crippen LogP contribution in [0.25, 0.3) is 0 Å². The van der Waals surface area contributed by atoms with Crippen LogP contribution in [0.1, 0.15) is 51.5 Å². The van der Waals surface area contributed by atoms with Crippen LogP contribution in [0.4, 0.5) is 4.79 Å². The van der Waals surface area contributed by atoms with E-state index in [1.165, 1.54) is 4.88 Å². The summed E-state index contributed by atoms with van der Waals surface area (Å²) in [6.45, 7) is 9.98. The van der Waals surface area contributed by atoms with E-state index in [4.69, 9.17) is 4.74 Å². The predicted octanol–water partition coefficient (Wildman–Crippen LogP) is 4.14. The van der Waals surface area contributed by atoms with Gasteiger partial charge in [0, 0.05) is 30.6 Å². The van der Waals surface area contributed by atoms with Crippen molar-refractivity contribution in [3.05, 3.63) is 22.4 Å². The van der Waals surface area contributed by atoms with Crippen molar-refractivity contribution < 1.29 is 9.53 Å². The largest absolute Gasteiger partial charge is 0.444 e. The van der Waals surface area contributed by atoms with Gasteiger partial charge in [-0.2, -0.15) is 0 Å². The Bertz CT molecular complexity index is 481. The first-order valence-electron chi connectivity index (χ1n) is 8.01. The molecule has 1 aliphatic heterocycles. The van der Waals surface area contributed by atoms with Crippen molar-refractivity contribution in [2.45, 2.75) is 58.2 Å². The zero-order valence-corrected chi connectivity index (χ0v) is 15.2. The molecule has 2 heterocycles. The van der Waals surface area contributed by atoms with Gasteiger partial charge in [0.1, 0.15) is 5.60 Å². The molecule has 5 heteroatoms. The minimum absolute atomic E-state index is 0.219. The maximum Gasteiger partial charge on any atom is 0.410 e. The van der Waals surface area contributed by atoms with Gasteiger partial charge in [-0.3, -0.25) is 4.90 Å². The molecular weight excluding hydrogens is 296 g/mol. The van der Waals surface area contributed by atoms with Crippen molar-refractivity contribution in [1.82, 2.24) is 9.80 Å². The average molecular weight is 324 g/mol. The molecule has 4 nitrogen and oxygen atoms in total. The van der Waals surface area contributed by atoms with E-state index in [0.29, 0.717) is 6.04 Å². The molecule has 0 saturated carbocycles. The summed E-state index contributed by atoms with van der Waals surface area (Å²) in [5.74, 6) is 0. The highest BCUT2D eigenvalue weighted by molar-refractivity contribution is 7.10. The summed E-state index contributed by atoms with van der Waals surface area (Å²) in [4.78, 5) is 17.9. The van der Waals surface area contributed by atoms with E-state index in [9.17, 15) is 4.79 Å². The SMILES string of the molecule is C[C@H](c1cccs1)N1CCC[C@H](N(C)C(=O)OC(C)(C)C)C1. The molecule has 0 bridgehead atoms. The fraction of sp³-hybridized carbons (Fsp3) is 0.706. The summed E-state index contributed by atoms with van der Waals surface area (Å²) < 4.78 is 5.49. The lowest BCUT2D eigenvalue weighted by atomic mass is 10.0. The summed E-state index contributed by atoms with van der Waals surface area (Å²) >= 11 is 1.80. The molecule has 124 valence electrons. The molecule has 1 fully saturated rings.